The van der Waals surface area contributed by atoms with Crippen molar-refractivity contribution in [3.8, 4) is 11.8 Å². The molecule has 150 valence electrons. The summed E-state index contributed by atoms with van der Waals surface area (Å²) in [5, 5.41) is 14.3. The molecule has 3 N–H and O–H groups in total. The van der Waals surface area contributed by atoms with Gasteiger partial charge in [-0.3, -0.25) is 0 Å². The third-order valence-corrected chi connectivity index (χ3v) is 6.51. The van der Waals surface area contributed by atoms with Gasteiger partial charge in [-0.05, 0) is 49.6 Å². The highest BCUT2D eigenvalue weighted by Crippen LogP contribution is 2.23. The number of nitrogens with zero attached hydrogens (tertiary/aromatic N) is 3. The van der Waals surface area contributed by atoms with Gasteiger partial charge in [0, 0.05) is 11.6 Å². The first kappa shape index (κ1) is 20.9. The predicted octanol–water partition coefficient (Wildman–Crippen LogP) is 3.20. The third kappa shape index (κ3) is 4.43. The molecule has 0 aliphatic rings. The van der Waals surface area contributed by atoms with Gasteiger partial charge >= 0.3 is 0 Å². The monoisotopic (exact) mass is 429 g/mol. The quantitative estimate of drug-likeness (QED) is 0.560. The first-order valence-corrected chi connectivity index (χ1v) is 10.8. The number of aromatic nitrogens is 2. The summed E-state index contributed by atoms with van der Waals surface area (Å²) in [6.45, 7) is 1.85. The molecule has 0 aliphatic heterocycles. The molecule has 0 spiro atoms. The molecule has 0 bridgehead atoms. The van der Waals surface area contributed by atoms with Crippen molar-refractivity contribution in [2.24, 2.45) is 0 Å². The van der Waals surface area contributed by atoms with Crippen LogP contribution in [0, 0.1) is 18.3 Å². The van der Waals surface area contributed by atoms with Crippen molar-refractivity contribution in [2.45, 2.75) is 24.7 Å². The highest BCUT2D eigenvalue weighted by molar-refractivity contribution is 7.89. The zero-order valence-electron chi connectivity index (χ0n) is 15.8. The number of rotatable bonds is 7. The van der Waals surface area contributed by atoms with Gasteiger partial charge in [0.05, 0.1) is 16.3 Å². The predicted molar refractivity (Wildman–Crippen MR) is 112 cm³/mol. The van der Waals surface area contributed by atoms with E-state index in [1.807, 2.05) is 30.3 Å². The van der Waals surface area contributed by atoms with Crippen LogP contribution in [0.5, 0.6) is 0 Å². The molecule has 0 saturated carbocycles. The maximum atomic E-state index is 12.5. The Hall–Kier alpha value is -2.86. The van der Waals surface area contributed by atoms with Gasteiger partial charge in [-0.2, -0.15) is 10.4 Å². The van der Waals surface area contributed by atoms with Crippen molar-refractivity contribution in [2.75, 3.05) is 12.3 Å². The molecule has 9 heteroatoms. The smallest absolute Gasteiger partial charge is 0.240 e. The molecule has 3 rings (SSSR count). The largest absolute Gasteiger partial charge is 0.382 e. The molecule has 2 aromatic carbocycles. The van der Waals surface area contributed by atoms with E-state index in [1.54, 1.807) is 19.1 Å². The number of halogens is 1. The number of nitrogens with one attached hydrogen (secondary N) is 1. The molecular formula is C20H20ClN5O2S. The van der Waals surface area contributed by atoms with E-state index < -0.39 is 10.0 Å². The summed E-state index contributed by atoms with van der Waals surface area (Å²) in [5.74, 6) is 0.267. The third-order valence-electron chi connectivity index (χ3n) is 4.50. The molecular weight excluding hydrogens is 410 g/mol. The summed E-state index contributed by atoms with van der Waals surface area (Å²) >= 11 is 6.02. The normalized spacial score (nSPS) is 11.3. The Morgan fingerprint density at radius 3 is 2.62 bits per heavy atom. The van der Waals surface area contributed by atoms with Crippen LogP contribution in [0.1, 0.15) is 23.2 Å². The SMILES string of the molecule is Cc1c(Cl)cccc1S(=O)(=O)NCCCc1nn(-c2ccccc2)c(N)c1C#N. The van der Waals surface area contributed by atoms with Gasteiger partial charge in [-0.25, -0.2) is 17.8 Å². The molecule has 0 radical (unpaired) electrons. The summed E-state index contributed by atoms with van der Waals surface area (Å²) in [6.07, 6.45) is 0.864. The number of anilines is 1. The van der Waals surface area contributed by atoms with Gasteiger partial charge in [-0.15, -0.1) is 0 Å². The minimum Gasteiger partial charge on any atom is -0.382 e. The van der Waals surface area contributed by atoms with Crippen LogP contribution in [-0.4, -0.2) is 24.7 Å². The van der Waals surface area contributed by atoms with Gasteiger partial charge in [0.25, 0.3) is 0 Å². The van der Waals surface area contributed by atoms with Crippen LogP contribution < -0.4 is 10.5 Å². The molecule has 0 amide bonds. The number of hydrogen-bond donors (Lipinski definition) is 2. The van der Waals surface area contributed by atoms with E-state index in [1.165, 1.54) is 10.7 Å². The van der Waals surface area contributed by atoms with Crippen molar-refractivity contribution < 1.29 is 8.42 Å². The minimum absolute atomic E-state index is 0.153. The Bertz CT molecular complexity index is 1170. The molecule has 7 nitrogen and oxygen atoms in total. The van der Waals surface area contributed by atoms with E-state index in [2.05, 4.69) is 15.9 Å². The summed E-state index contributed by atoms with van der Waals surface area (Å²) in [4.78, 5) is 0.153. The molecule has 0 aliphatic carbocycles. The molecule has 29 heavy (non-hydrogen) atoms. The van der Waals surface area contributed by atoms with Crippen LogP contribution in [-0.2, 0) is 16.4 Å². The number of sulfonamides is 1. The number of para-hydroxylation sites is 1. The number of nitrogen functional groups attached to an aromatic ring is 1. The number of benzene rings is 2. The van der Waals surface area contributed by atoms with Gasteiger partial charge in [0.15, 0.2) is 0 Å². The molecule has 0 unspecified atom stereocenters. The summed E-state index contributed by atoms with van der Waals surface area (Å²) in [7, 11) is -3.68. The van der Waals surface area contributed by atoms with Gasteiger partial charge in [-0.1, -0.05) is 35.9 Å². The summed E-state index contributed by atoms with van der Waals surface area (Å²) in [6, 6.07) is 16.1. The van der Waals surface area contributed by atoms with E-state index >= 15 is 0 Å². The fraction of sp³-hybridized carbons (Fsp3) is 0.200. The Morgan fingerprint density at radius 2 is 1.93 bits per heavy atom. The molecule has 3 aromatic rings. The van der Waals surface area contributed by atoms with Crippen LogP contribution in [0.4, 0.5) is 5.82 Å². The molecule has 0 saturated heterocycles. The number of nitrogens with two attached hydrogens (primary N) is 1. The Morgan fingerprint density at radius 1 is 1.21 bits per heavy atom. The Kier molecular flexibility index (Phi) is 6.23. The first-order chi connectivity index (χ1) is 13.8. The first-order valence-electron chi connectivity index (χ1n) is 8.93. The van der Waals surface area contributed by atoms with Crippen molar-refractivity contribution in [1.82, 2.24) is 14.5 Å². The lowest BCUT2D eigenvalue weighted by molar-refractivity contribution is 0.578. The Labute approximate surface area is 174 Å². The topological polar surface area (TPSA) is 114 Å². The summed E-state index contributed by atoms with van der Waals surface area (Å²) in [5.41, 5.74) is 8.18. The number of aryl methyl sites for hydroxylation is 1. The second-order valence-electron chi connectivity index (χ2n) is 6.43. The standard InChI is InChI=1S/C20H20ClN5O2S/c1-14-17(21)9-5-11-19(14)29(27,28)24-12-6-10-18-16(13-22)20(23)26(25-18)15-7-3-2-4-8-15/h2-5,7-9,11,24H,6,10,12,23H2,1H3. The van der Waals surface area contributed by atoms with Crippen molar-refractivity contribution in [3.63, 3.8) is 0 Å². The van der Waals surface area contributed by atoms with Gasteiger partial charge in [0.2, 0.25) is 10.0 Å². The molecule has 0 atom stereocenters. The second kappa shape index (κ2) is 8.66. The lowest BCUT2D eigenvalue weighted by atomic mass is 10.1. The van der Waals surface area contributed by atoms with E-state index in [0.717, 1.165) is 5.69 Å². The maximum Gasteiger partial charge on any atom is 0.240 e. The van der Waals surface area contributed by atoms with Crippen molar-refractivity contribution in [1.29, 1.82) is 5.26 Å². The van der Waals surface area contributed by atoms with Crippen LogP contribution >= 0.6 is 11.6 Å². The van der Waals surface area contributed by atoms with E-state index in [0.29, 0.717) is 34.7 Å². The van der Waals surface area contributed by atoms with Crippen LogP contribution in [0.2, 0.25) is 5.02 Å². The number of nitriles is 1. The highest BCUT2D eigenvalue weighted by Gasteiger charge is 2.19. The fourth-order valence-corrected chi connectivity index (χ4v) is 4.53. The molecule has 1 aromatic heterocycles. The van der Waals surface area contributed by atoms with Crippen LogP contribution in [0.15, 0.2) is 53.4 Å². The Balaban J connectivity index is 1.70. The van der Waals surface area contributed by atoms with Gasteiger partial charge < -0.3 is 5.73 Å². The lowest BCUT2D eigenvalue weighted by Gasteiger charge is -2.10. The lowest BCUT2D eigenvalue weighted by Crippen LogP contribution is -2.26. The average Bonchev–Trinajstić information content (AvgIpc) is 3.03. The van der Waals surface area contributed by atoms with Crippen LogP contribution in [0.3, 0.4) is 0 Å². The summed E-state index contributed by atoms with van der Waals surface area (Å²) < 4.78 is 29.1. The highest BCUT2D eigenvalue weighted by atomic mass is 35.5. The average molecular weight is 430 g/mol. The number of hydrogen-bond acceptors (Lipinski definition) is 5. The molecule has 1 heterocycles. The van der Waals surface area contributed by atoms with Crippen molar-refractivity contribution >= 4 is 27.4 Å². The maximum absolute atomic E-state index is 12.5. The van der Waals surface area contributed by atoms with E-state index in [-0.39, 0.29) is 17.3 Å². The van der Waals surface area contributed by atoms with E-state index in [9.17, 15) is 13.7 Å². The minimum atomic E-state index is -3.68. The second-order valence-corrected chi connectivity index (χ2v) is 8.57. The molecule has 0 fully saturated rings. The zero-order chi connectivity index (χ0) is 21.0. The van der Waals surface area contributed by atoms with Crippen LogP contribution in [0.25, 0.3) is 5.69 Å². The van der Waals surface area contributed by atoms with Gasteiger partial charge in [0.1, 0.15) is 17.5 Å². The van der Waals surface area contributed by atoms with Crippen molar-refractivity contribution in [3.05, 3.63) is 70.4 Å². The zero-order valence-corrected chi connectivity index (χ0v) is 17.3. The fourth-order valence-electron chi connectivity index (χ4n) is 2.96. The van der Waals surface area contributed by atoms with E-state index in [4.69, 9.17) is 17.3 Å².